The monoisotopic (exact) mass is 380 g/mol. The molecule has 0 bridgehead atoms. The first-order valence-electron chi connectivity index (χ1n) is 8.94. The fraction of sp³-hybridized carbons (Fsp3) is 0.182. The van der Waals surface area contributed by atoms with Crippen molar-refractivity contribution in [2.45, 2.75) is 20.8 Å². The molecule has 0 fully saturated rings. The number of hydrogen-bond acceptors (Lipinski definition) is 3. The predicted molar refractivity (Wildman–Crippen MR) is 106 cm³/mol. The molecular weight excluding hydrogens is 359 g/mol. The van der Waals surface area contributed by atoms with E-state index in [1.807, 2.05) is 26.0 Å². The van der Waals surface area contributed by atoms with Gasteiger partial charge in [0.05, 0.1) is 6.61 Å². The molecular formula is C22H21FN2O3. The topological polar surface area (TPSA) is 71.2 Å². The maximum absolute atomic E-state index is 13.3. The van der Waals surface area contributed by atoms with Crippen molar-refractivity contribution >= 4 is 17.6 Å². The van der Waals surface area contributed by atoms with Crippen LogP contribution in [0.15, 0.2) is 48.5 Å². The second kappa shape index (κ2) is 8.08. The number of esters is 1. The van der Waals surface area contributed by atoms with Crippen LogP contribution in [0.4, 0.5) is 10.1 Å². The summed E-state index contributed by atoms with van der Waals surface area (Å²) < 4.78 is 18.3. The third-order valence-electron chi connectivity index (χ3n) is 4.44. The minimum atomic E-state index is -0.413. The lowest BCUT2D eigenvalue weighted by atomic mass is 10.00. The Morgan fingerprint density at radius 3 is 2.46 bits per heavy atom. The number of halogens is 1. The highest BCUT2D eigenvalue weighted by molar-refractivity contribution is 6.04. The maximum atomic E-state index is 13.3. The zero-order chi connectivity index (χ0) is 20.3. The number of amides is 1. The number of anilines is 1. The smallest absolute Gasteiger partial charge is 0.355 e. The summed E-state index contributed by atoms with van der Waals surface area (Å²) in [6.07, 6.45) is 0. The van der Waals surface area contributed by atoms with Gasteiger partial charge in [0.2, 0.25) is 0 Å². The van der Waals surface area contributed by atoms with Crippen LogP contribution in [0.5, 0.6) is 0 Å². The third-order valence-corrected chi connectivity index (χ3v) is 4.44. The highest BCUT2D eigenvalue weighted by Gasteiger charge is 2.19. The summed E-state index contributed by atoms with van der Waals surface area (Å²) in [6, 6.07) is 12.8. The van der Waals surface area contributed by atoms with Crippen molar-refractivity contribution in [2.75, 3.05) is 11.9 Å². The standard InChI is InChI=1S/C22H21FN2O3/c1-4-28-22(27)20-13(2)19(14(3)24-20)15-8-10-16(11-9-15)21(26)25-18-7-5-6-17(23)12-18/h5-12,24H,4H2,1-3H3,(H,25,26). The van der Waals surface area contributed by atoms with Crippen LogP contribution in [0.1, 0.15) is 39.0 Å². The van der Waals surface area contributed by atoms with Crippen molar-refractivity contribution in [1.29, 1.82) is 0 Å². The van der Waals surface area contributed by atoms with Crippen molar-refractivity contribution < 1.29 is 18.7 Å². The normalized spacial score (nSPS) is 10.6. The summed E-state index contributed by atoms with van der Waals surface area (Å²) in [5, 5.41) is 2.67. The Hall–Kier alpha value is -3.41. The van der Waals surface area contributed by atoms with Gasteiger partial charge in [0, 0.05) is 22.5 Å². The predicted octanol–water partition coefficient (Wildman–Crippen LogP) is 4.87. The van der Waals surface area contributed by atoms with E-state index in [-0.39, 0.29) is 11.9 Å². The molecule has 5 nitrogen and oxygen atoms in total. The van der Waals surface area contributed by atoms with E-state index in [9.17, 15) is 14.0 Å². The summed E-state index contributed by atoms with van der Waals surface area (Å²) in [6.45, 7) is 5.81. The van der Waals surface area contributed by atoms with Crippen molar-refractivity contribution in [3.8, 4) is 11.1 Å². The Kier molecular flexibility index (Phi) is 5.59. The zero-order valence-electron chi connectivity index (χ0n) is 15.9. The number of rotatable bonds is 5. The highest BCUT2D eigenvalue weighted by atomic mass is 19.1. The van der Waals surface area contributed by atoms with E-state index < -0.39 is 5.82 Å². The number of aryl methyl sites for hydroxylation is 1. The van der Waals surface area contributed by atoms with Gasteiger partial charge in [-0.3, -0.25) is 4.79 Å². The van der Waals surface area contributed by atoms with E-state index in [0.717, 1.165) is 22.4 Å². The minimum absolute atomic E-state index is 0.306. The van der Waals surface area contributed by atoms with Gasteiger partial charge in [-0.25, -0.2) is 9.18 Å². The molecule has 0 unspecified atom stereocenters. The molecule has 1 amide bonds. The lowest BCUT2D eigenvalue weighted by molar-refractivity contribution is 0.0519. The molecule has 1 aromatic heterocycles. The molecule has 0 spiro atoms. The van der Waals surface area contributed by atoms with Gasteiger partial charge in [-0.15, -0.1) is 0 Å². The van der Waals surface area contributed by atoms with E-state index >= 15 is 0 Å². The molecule has 2 N–H and O–H groups in total. The first kappa shape index (κ1) is 19.4. The van der Waals surface area contributed by atoms with Crippen LogP contribution in [0.2, 0.25) is 0 Å². The number of aromatic amines is 1. The maximum Gasteiger partial charge on any atom is 0.355 e. The lowest BCUT2D eigenvalue weighted by Crippen LogP contribution is -2.11. The van der Waals surface area contributed by atoms with E-state index in [4.69, 9.17) is 4.74 Å². The second-order valence-electron chi connectivity index (χ2n) is 6.39. The summed E-state index contributed by atoms with van der Waals surface area (Å²) in [5.74, 6) is -1.13. The molecule has 0 aliphatic carbocycles. The lowest BCUT2D eigenvalue weighted by Gasteiger charge is -2.07. The number of benzene rings is 2. The first-order valence-corrected chi connectivity index (χ1v) is 8.94. The molecule has 0 radical (unpaired) electrons. The average molecular weight is 380 g/mol. The van der Waals surface area contributed by atoms with Gasteiger partial charge in [0.25, 0.3) is 5.91 Å². The number of carbonyl (C=O) groups is 2. The van der Waals surface area contributed by atoms with E-state index in [2.05, 4.69) is 10.3 Å². The molecule has 0 aliphatic rings. The largest absolute Gasteiger partial charge is 0.461 e. The van der Waals surface area contributed by atoms with Crippen LogP contribution in [-0.4, -0.2) is 23.5 Å². The van der Waals surface area contributed by atoms with Crippen molar-refractivity contribution in [1.82, 2.24) is 4.98 Å². The number of H-pyrrole nitrogens is 1. The number of aromatic nitrogens is 1. The minimum Gasteiger partial charge on any atom is -0.461 e. The molecule has 0 saturated carbocycles. The Morgan fingerprint density at radius 2 is 1.82 bits per heavy atom. The van der Waals surface area contributed by atoms with E-state index in [1.54, 1.807) is 25.1 Å². The van der Waals surface area contributed by atoms with E-state index in [0.29, 0.717) is 23.6 Å². The molecule has 2 aromatic carbocycles. The fourth-order valence-electron chi connectivity index (χ4n) is 3.15. The van der Waals surface area contributed by atoms with Crippen LogP contribution >= 0.6 is 0 Å². The number of ether oxygens (including phenoxy) is 1. The van der Waals surface area contributed by atoms with Crippen molar-refractivity contribution in [2.24, 2.45) is 0 Å². The SMILES string of the molecule is CCOC(=O)c1[nH]c(C)c(-c2ccc(C(=O)Nc3cccc(F)c3)cc2)c1C. The van der Waals surface area contributed by atoms with Gasteiger partial charge in [-0.05, 0) is 62.2 Å². The van der Waals surface area contributed by atoms with Gasteiger partial charge in [-0.2, -0.15) is 0 Å². The molecule has 3 aromatic rings. The molecule has 3 rings (SSSR count). The summed E-state index contributed by atoms with van der Waals surface area (Å²) in [5.41, 5.74) is 4.70. The first-order chi connectivity index (χ1) is 13.4. The number of carbonyl (C=O) groups excluding carboxylic acids is 2. The van der Waals surface area contributed by atoms with Crippen LogP contribution in [0.25, 0.3) is 11.1 Å². The van der Waals surface area contributed by atoms with Gasteiger partial charge in [0.15, 0.2) is 0 Å². The highest BCUT2D eigenvalue weighted by Crippen LogP contribution is 2.30. The summed E-state index contributed by atoms with van der Waals surface area (Å²) in [4.78, 5) is 27.5. The average Bonchev–Trinajstić information content (AvgIpc) is 2.96. The Morgan fingerprint density at radius 1 is 1.11 bits per heavy atom. The molecule has 0 saturated heterocycles. The summed E-state index contributed by atoms with van der Waals surface area (Å²) >= 11 is 0. The molecule has 0 atom stereocenters. The van der Waals surface area contributed by atoms with Crippen LogP contribution < -0.4 is 5.32 Å². The molecule has 0 aliphatic heterocycles. The van der Waals surface area contributed by atoms with Crippen LogP contribution in [-0.2, 0) is 4.74 Å². The van der Waals surface area contributed by atoms with Crippen molar-refractivity contribution in [3.63, 3.8) is 0 Å². The number of nitrogens with one attached hydrogen (secondary N) is 2. The molecule has 1 heterocycles. The van der Waals surface area contributed by atoms with Gasteiger partial charge >= 0.3 is 5.97 Å². The quantitative estimate of drug-likeness (QED) is 0.621. The van der Waals surface area contributed by atoms with E-state index in [1.165, 1.54) is 18.2 Å². The fourth-order valence-corrected chi connectivity index (χ4v) is 3.15. The molecule has 144 valence electrons. The van der Waals surface area contributed by atoms with Gasteiger partial charge < -0.3 is 15.0 Å². The molecule has 6 heteroatoms. The van der Waals surface area contributed by atoms with Crippen LogP contribution in [0, 0.1) is 19.7 Å². The Balaban J connectivity index is 1.83. The number of hydrogen-bond donors (Lipinski definition) is 2. The zero-order valence-corrected chi connectivity index (χ0v) is 15.9. The van der Waals surface area contributed by atoms with Crippen molar-refractivity contribution in [3.05, 3.63) is 76.9 Å². The van der Waals surface area contributed by atoms with Gasteiger partial charge in [-0.1, -0.05) is 18.2 Å². The van der Waals surface area contributed by atoms with Crippen LogP contribution in [0.3, 0.4) is 0 Å². The summed E-state index contributed by atoms with van der Waals surface area (Å²) in [7, 11) is 0. The second-order valence-corrected chi connectivity index (χ2v) is 6.39. The molecule has 28 heavy (non-hydrogen) atoms. The Labute approximate surface area is 162 Å². The van der Waals surface area contributed by atoms with Gasteiger partial charge in [0.1, 0.15) is 11.5 Å². The third kappa shape index (κ3) is 3.96. The Bertz CT molecular complexity index is 1020.